The topological polar surface area (TPSA) is 69.7 Å². The summed E-state index contributed by atoms with van der Waals surface area (Å²) < 4.78 is 10.1. The zero-order valence-electron chi connectivity index (χ0n) is 9.47. The third-order valence-electron chi connectivity index (χ3n) is 2.60. The molecule has 1 aliphatic rings. The van der Waals surface area contributed by atoms with Gasteiger partial charge in [-0.1, -0.05) is 0 Å². The fourth-order valence-electron chi connectivity index (χ4n) is 1.94. The molecule has 0 bridgehead atoms. The van der Waals surface area contributed by atoms with Crippen molar-refractivity contribution in [3.8, 4) is 0 Å². The Morgan fingerprint density at radius 2 is 1.62 bits per heavy atom. The average molecular weight is 228 g/mol. The van der Waals surface area contributed by atoms with Crippen molar-refractivity contribution in [2.45, 2.75) is 45.3 Å². The van der Waals surface area contributed by atoms with Crippen molar-refractivity contribution >= 4 is 18.2 Å². The summed E-state index contributed by atoms with van der Waals surface area (Å²) in [7, 11) is 0. The van der Waals surface area contributed by atoms with E-state index in [9.17, 15) is 14.4 Å². The van der Waals surface area contributed by atoms with Crippen LogP contribution in [0, 0.1) is 5.92 Å². The van der Waals surface area contributed by atoms with Crippen LogP contribution in [0.1, 0.15) is 33.1 Å². The maximum Gasteiger partial charge on any atom is 0.303 e. The van der Waals surface area contributed by atoms with Gasteiger partial charge in [-0.3, -0.25) is 9.59 Å². The normalized spacial score (nSPS) is 29.2. The molecule has 0 heterocycles. The van der Waals surface area contributed by atoms with Crippen molar-refractivity contribution in [1.82, 2.24) is 0 Å². The lowest BCUT2D eigenvalue weighted by atomic mass is 9.86. The third-order valence-corrected chi connectivity index (χ3v) is 2.60. The molecule has 0 aromatic carbocycles. The van der Waals surface area contributed by atoms with Gasteiger partial charge in [-0.15, -0.1) is 0 Å². The lowest BCUT2D eigenvalue weighted by Gasteiger charge is -2.32. The van der Waals surface area contributed by atoms with Crippen molar-refractivity contribution in [2.75, 3.05) is 0 Å². The summed E-state index contributed by atoms with van der Waals surface area (Å²) in [6.45, 7) is 2.62. The molecule has 5 nitrogen and oxygen atoms in total. The first kappa shape index (κ1) is 12.7. The third kappa shape index (κ3) is 3.64. The van der Waals surface area contributed by atoms with Gasteiger partial charge in [0.05, 0.1) is 0 Å². The fraction of sp³-hybridized carbons (Fsp3) is 0.727. The second-order valence-corrected chi connectivity index (χ2v) is 4.00. The number of hydrogen-bond donors (Lipinski definition) is 0. The molecule has 5 heteroatoms. The summed E-state index contributed by atoms with van der Waals surface area (Å²) in [6, 6.07) is 0. The Morgan fingerprint density at radius 1 is 1.06 bits per heavy atom. The van der Waals surface area contributed by atoms with Crippen LogP contribution < -0.4 is 0 Å². The van der Waals surface area contributed by atoms with Gasteiger partial charge in [-0.05, 0) is 19.3 Å². The second kappa shape index (κ2) is 5.63. The van der Waals surface area contributed by atoms with E-state index in [1.54, 1.807) is 0 Å². The first-order valence-corrected chi connectivity index (χ1v) is 5.32. The summed E-state index contributed by atoms with van der Waals surface area (Å²) in [5, 5.41) is 0. The van der Waals surface area contributed by atoms with Gasteiger partial charge in [0.25, 0.3) is 0 Å². The van der Waals surface area contributed by atoms with Crippen molar-refractivity contribution in [2.24, 2.45) is 5.92 Å². The summed E-state index contributed by atoms with van der Waals surface area (Å²) in [5.74, 6) is -0.934. The number of rotatable bonds is 3. The van der Waals surface area contributed by atoms with Crippen molar-refractivity contribution in [3.63, 3.8) is 0 Å². The highest BCUT2D eigenvalue weighted by atomic mass is 16.6. The zero-order valence-corrected chi connectivity index (χ0v) is 9.47. The van der Waals surface area contributed by atoms with Gasteiger partial charge in [0.15, 0.2) is 0 Å². The van der Waals surface area contributed by atoms with E-state index in [-0.39, 0.29) is 5.92 Å². The Kier molecular flexibility index (Phi) is 4.46. The quantitative estimate of drug-likeness (QED) is 0.529. The molecule has 3 atom stereocenters. The van der Waals surface area contributed by atoms with Gasteiger partial charge in [0.1, 0.15) is 18.5 Å². The molecule has 90 valence electrons. The van der Waals surface area contributed by atoms with E-state index in [1.165, 1.54) is 13.8 Å². The smallest absolute Gasteiger partial charge is 0.303 e. The molecule has 1 rings (SSSR count). The second-order valence-electron chi connectivity index (χ2n) is 4.00. The monoisotopic (exact) mass is 228 g/mol. The predicted molar refractivity (Wildman–Crippen MR) is 54.5 cm³/mol. The van der Waals surface area contributed by atoms with Crippen LogP contribution >= 0.6 is 0 Å². The molecule has 0 N–H and O–H groups in total. The van der Waals surface area contributed by atoms with Gasteiger partial charge in [0, 0.05) is 19.8 Å². The SMILES string of the molecule is CC(=O)OC1CCC(C=O)CC1OC(C)=O. The minimum absolute atomic E-state index is 0.115. The zero-order chi connectivity index (χ0) is 12.1. The molecule has 0 saturated heterocycles. The highest BCUT2D eigenvalue weighted by molar-refractivity contribution is 5.67. The molecule has 16 heavy (non-hydrogen) atoms. The van der Waals surface area contributed by atoms with Crippen molar-refractivity contribution in [1.29, 1.82) is 0 Å². The van der Waals surface area contributed by atoms with E-state index >= 15 is 0 Å². The van der Waals surface area contributed by atoms with E-state index < -0.39 is 24.1 Å². The summed E-state index contributed by atoms with van der Waals surface area (Å²) >= 11 is 0. The number of ether oxygens (including phenoxy) is 2. The van der Waals surface area contributed by atoms with Crippen molar-refractivity contribution < 1.29 is 23.9 Å². The minimum Gasteiger partial charge on any atom is -0.459 e. The summed E-state index contributed by atoms with van der Waals surface area (Å²) in [5.41, 5.74) is 0. The number of esters is 2. The lowest BCUT2D eigenvalue weighted by molar-refractivity contribution is -0.170. The fourth-order valence-corrected chi connectivity index (χ4v) is 1.94. The van der Waals surface area contributed by atoms with Crippen LogP contribution in [-0.2, 0) is 23.9 Å². The highest BCUT2D eigenvalue weighted by Crippen LogP contribution is 2.27. The Labute approximate surface area is 94.1 Å². The van der Waals surface area contributed by atoms with Crippen LogP contribution in [-0.4, -0.2) is 30.4 Å². The van der Waals surface area contributed by atoms with E-state index in [2.05, 4.69) is 0 Å². The molecule has 3 unspecified atom stereocenters. The van der Waals surface area contributed by atoms with Crippen LogP contribution in [0.25, 0.3) is 0 Å². The maximum absolute atomic E-state index is 10.9. The van der Waals surface area contributed by atoms with Crippen LogP contribution in [0.2, 0.25) is 0 Å². The maximum atomic E-state index is 10.9. The first-order chi connectivity index (χ1) is 7.52. The molecule has 0 aliphatic heterocycles. The average Bonchev–Trinajstić information content (AvgIpc) is 2.19. The molecular formula is C11H16O5. The largest absolute Gasteiger partial charge is 0.459 e. The molecule has 0 amide bonds. The summed E-state index contributed by atoms with van der Waals surface area (Å²) in [4.78, 5) is 32.4. The molecule has 0 aromatic rings. The minimum atomic E-state index is -0.495. The standard InChI is InChI=1S/C11H16O5/c1-7(13)15-10-4-3-9(6-12)5-11(10)16-8(2)14/h6,9-11H,3-5H2,1-2H3. The number of carbonyl (C=O) groups excluding carboxylic acids is 3. The molecular weight excluding hydrogens is 212 g/mol. The molecule has 1 fully saturated rings. The molecule has 0 spiro atoms. The Balaban J connectivity index is 2.62. The molecule has 1 saturated carbocycles. The van der Waals surface area contributed by atoms with Crippen molar-refractivity contribution in [3.05, 3.63) is 0 Å². The number of aldehydes is 1. The van der Waals surface area contributed by atoms with Gasteiger partial charge >= 0.3 is 11.9 Å². The predicted octanol–water partition coefficient (Wildman–Crippen LogP) is 0.849. The molecule has 1 aliphatic carbocycles. The highest BCUT2D eigenvalue weighted by Gasteiger charge is 2.34. The van der Waals surface area contributed by atoms with Gasteiger partial charge < -0.3 is 14.3 Å². The van der Waals surface area contributed by atoms with Gasteiger partial charge in [-0.25, -0.2) is 0 Å². The van der Waals surface area contributed by atoms with E-state index in [0.717, 1.165) is 6.29 Å². The Bertz CT molecular complexity index is 286. The molecule has 0 aromatic heterocycles. The first-order valence-electron chi connectivity index (χ1n) is 5.32. The van der Waals surface area contributed by atoms with E-state index in [0.29, 0.717) is 19.3 Å². The number of carbonyl (C=O) groups is 3. The molecule has 0 radical (unpaired) electrons. The lowest BCUT2D eigenvalue weighted by Crippen LogP contribution is -2.40. The van der Waals surface area contributed by atoms with Gasteiger partial charge in [0.2, 0.25) is 0 Å². The summed E-state index contributed by atoms with van der Waals surface area (Å²) in [6.07, 6.45) is 1.60. The van der Waals surface area contributed by atoms with E-state index in [1.807, 2.05) is 0 Å². The van der Waals surface area contributed by atoms with Crippen LogP contribution in [0.3, 0.4) is 0 Å². The Morgan fingerprint density at radius 3 is 2.12 bits per heavy atom. The van der Waals surface area contributed by atoms with E-state index in [4.69, 9.17) is 9.47 Å². The van der Waals surface area contributed by atoms with Crippen LogP contribution in [0.15, 0.2) is 0 Å². The number of hydrogen-bond acceptors (Lipinski definition) is 5. The van der Waals surface area contributed by atoms with Gasteiger partial charge in [-0.2, -0.15) is 0 Å². The van der Waals surface area contributed by atoms with Crippen LogP contribution in [0.4, 0.5) is 0 Å². The van der Waals surface area contributed by atoms with Crippen LogP contribution in [0.5, 0.6) is 0 Å². The Hall–Kier alpha value is -1.39.